The van der Waals surface area contributed by atoms with Crippen molar-refractivity contribution in [2.24, 2.45) is 0 Å². The van der Waals surface area contributed by atoms with E-state index in [1.54, 1.807) is 31.4 Å². The highest BCUT2D eigenvalue weighted by Gasteiger charge is 2.47. The fourth-order valence-electron chi connectivity index (χ4n) is 5.10. The molecule has 0 radical (unpaired) electrons. The van der Waals surface area contributed by atoms with E-state index in [0.29, 0.717) is 29.2 Å². The van der Waals surface area contributed by atoms with Gasteiger partial charge in [-0.05, 0) is 79.6 Å². The quantitative estimate of drug-likeness (QED) is 0.277. The fourth-order valence-corrected chi connectivity index (χ4v) is 5.10. The molecule has 0 aromatic heterocycles. The largest absolute Gasteiger partial charge is 0.507 e. The summed E-state index contributed by atoms with van der Waals surface area (Å²) in [5, 5.41) is 11.4. The van der Waals surface area contributed by atoms with Gasteiger partial charge < -0.3 is 19.5 Å². The van der Waals surface area contributed by atoms with Gasteiger partial charge in [-0.3, -0.25) is 14.5 Å². The number of aliphatic hydroxyl groups excluding tert-OH is 1. The second-order valence-corrected chi connectivity index (χ2v) is 9.05. The van der Waals surface area contributed by atoms with E-state index < -0.39 is 17.7 Å². The van der Waals surface area contributed by atoms with Crippen LogP contribution in [0.5, 0.6) is 11.5 Å². The Balaban J connectivity index is 1.63. The maximum Gasteiger partial charge on any atom is 0.300 e. The highest BCUT2D eigenvalue weighted by Crippen LogP contribution is 2.43. The van der Waals surface area contributed by atoms with Gasteiger partial charge in [0, 0.05) is 36.4 Å². The van der Waals surface area contributed by atoms with Gasteiger partial charge in [0.15, 0.2) is 0 Å². The lowest BCUT2D eigenvalue weighted by Gasteiger charge is -2.27. The van der Waals surface area contributed by atoms with E-state index in [-0.39, 0.29) is 11.3 Å². The minimum atomic E-state index is -0.797. The van der Waals surface area contributed by atoms with Crippen LogP contribution in [0.25, 0.3) is 5.76 Å². The Bertz CT molecular complexity index is 1360. The van der Waals surface area contributed by atoms with E-state index in [2.05, 4.69) is 18.7 Å². The van der Waals surface area contributed by atoms with Gasteiger partial charge in [-0.25, -0.2) is 0 Å². The minimum Gasteiger partial charge on any atom is -0.507 e. The van der Waals surface area contributed by atoms with Gasteiger partial charge in [-0.2, -0.15) is 0 Å². The molecule has 2 aliphatic heterocycles. The van der Waals surface area contributed by atoms with E-state index in [4.69, 9.17) is 9.47 Å². The SMILES string of the molecule is CCN(CC)c1ccc(N2C(=O)C(=O)/C(=C(\O)c3ccc4c(c3)CCO4)C2c2ccc(OC)cc2)cc1. The van der Waals surface area contributed by atoms with E-state index >= 15 is 0 Å². The number of ketones is 1. The molecule has 1 amide bonds. The zero-order valence-electron chi connectivity index (χ0n) is 21.2. The number of carbonyl (C=O) groups excluding carboxylic acids is 2. The number of amides is 1. The van der Waals surface area contributed by atoms with E-state index in [0.717, 1.165) is 36.5 Å². The van der Waals surface area contributed by atoms with E-state index in [9.17, 15) is 14.7 Å². The number of fused-ring (bicyclic) bond motifs is 1. The molecule has 3 aromatic carbocycles. The van der Waals surface area contributed by atoms with Crippen molar-refractivity contribution < 1.29 is 24.2 Å². The number of rotatable bonds is 7. The Kier molecular flexibility index (Phi) is 6.61. The maximum atomic E-state index is 13.5. The number of ether oxygens (including phenoxy) is 2. The molecule has 0 aliphatic carbocycles. The van der Waals surface area contributed by atoms with Crippen molar-refractivity contribution in [3.05, 3.63) is 89.0 Å². The Morgan fingerprint density at radius 3 is 2.38 bits per heavy atom. The molecule has 0 saturated carbocycles. The topological polar surface area (TPSA) is 79.3 Å². The molecule has 3 aromatic rings. The molecule has 7 nitrogen and oxygen atoms in total. The number of anilines is 2. The summed E-state index contributed by atoms with van der Waals surface area (Å²) < 4.78 is 10.9. The molecule has 0 bridgehead atoms. The summed E-state index contributed by atoms with van der Waals surface area (Å²) in [6, 6.07) is 19.3. The summed E-state index contributed by atoms with van der Waals surface area (Å²) in [6.07, 6.45) is 0.728. The van der Waals surface area contributed by atoms with Gasteiger partial charge in [0.25, 0.3) is 11.7 Å². The van der Waals surface area contributed by atoms with Gasteiger partial charge in [-0.15, -0.1) is 0 Å². The molecule has 190 valence electrons. The molecule has 1 unspecified atom stereocenters. The summed E-state index contributed by atoms with van der Waals surface area (Å²) in [5.74, 6) is -0.165. The first-order valence-corrected chi connectivity index (χ1v) is 12.5. The lowest BCUT2D eigenvalue weighted by atomic mass is 9.94. The maximum absolute atomic E-state index is 13.5. The number of carbonyl (C=O) groups is 2. The van der Waals surface area contributed by atoms with Gasteiger partial charge in [-0.1, -0.05) is 12.1 Å². The highest BCUT2D eigenvalue weighted by atomic mass is 16.5. The molecular formula is C30H30N2O5. The van der Waals surface area contributed by atoms with Crippen LogP contribution < -0.4 is 19.3 Å². The van der Waals surface area contributed by atoms with Gasteiger partial charge in [0.2, 0.25) is 0 Å². The third-order valence-corrected chi connectivity index (χ3v) is 7.10. The molecule has 1 atom stereocenters. The Hall–Kier alpha value is -4.26. The third-order valence-electron chi connectivity index (χ3n) is 7.10. The van der Waals surface area contributed by atoms with Crippen LogP contribution >= 0.6 is 0 Å². The monoisotopic (exact) mass is 498 g/mol. The number of hydrogen-bond donors (Lipinski definition) is 1. The van der Waals surface area contributed by atoms with Gasteiger partial charge >= 0.3 is 0 Å². The van der Waals surface area contributed by atoms with Crippen molar-refractivity contribution in [3.63, 3.8) is 0 Å². The van der Waals surface area contributed by atoms with Crippen molar-refractivity contribution in [2.45, 2.75) is 26.3 Å². The molecule has 7 heteroatoms. The third kappa shape index (κ3) is 4.31. The molecule has 2 aliphatic rings. The first-order chi connectivity index (χ1) is 18.0. The second-order valence-electron chi connectivity index (χ2n) is 9.05. The first-order valence-electron chi connectivity index (χ1n) is 12.5. The fraction of sp³-hybridized carbons (Fsp3) is 0.267. The number of nitrogens with zero attached hydrogens (tertiary/aromatic N) is 2. The van der Waals surface area contributed by atoms with Crippen LogP contribution in [0.1, 0.15) is 36.6 Å². The number of methoxy groups -OCH3 is 1. The lowest BCUT2D eigenvalue weighted by molar-refractivity contribution is -0.132. The van der Waals surface area contributed by atoms with Crippen molar-refractivity contribution in [3.8, 4) is 11.5 Å². The molecular weight excluding hydrogens is 468 g/mol. The second kappa shape index (κ2) is 10.0. The average molecular weight is 499 g/mol. The molecule has 2 heterocycles. The van der Waals surface area contributed by atoms with E-state index in [1.807, 2.05) is 42.5 Å². The predicted octanol–water partition coefficient (Wildman–Crippen LogP) is 5.10. The molecule has 1 N–H and O–H groups in total. The molecule has 1 saturated heterocycles. The van der Waals surface area contributed by atoms with Crippen LogP contribution in [0, 0.1) is 0 Å². The van der Waals surface area contributed by atoms with Crippen LogP contribution in [-0.4, -0.2) is 43.6 Å². The van der Waals surface area contributed by atoms with Crippen LogP contribution in [0.2, 0.25) is 0 Å². The standard InChI is InChI=1S/C30H30N2O5/c1-4-31(5-2)22-9-11-23(12-10-22)32-27(19-6-13-24(36-3)14-7-19)26(29(34)30(32)35)28(33)21-8-15-25-20(18-21)16-17-37-25/h6-15,18,27,33H,4-5,16-17H2,1-3H3/b28-26-. The Morgan fingerprint density at radius 1 is 1.03 bits per heavy atom. The number of benzene rings is 3. The summed E-state index contributed by atoms with van der Waals surface area (Å²) in [7, 11) is 1.58. The van der Waals surface area contributed by atoms with Crippen LogP contribution in [0.3, 0.4) is 0 Å². The zero-order valence-corrected chi connectivity index (χ0v) is 21.2. The van der Waals surface area contributed by atoms with E-state index in [1.165, 1.54) is 4.90 Å². The van der Waals surface area contributed by atoms with Crippen molar-refractivity contribution in [1.29, 1.82) is 0 Å². The highest BCUT2D eigenvalue weighted by molar-refractivity contribution is 6.51. The zero-order chi connectivity index (χ0) is 26.1. The van der Waals surface area contributed by atoms with Crippen LogP contribution in [-0.2, 0) is 16.0 Å². The van der Waals surface area contributed by atoms with Gasteiger partial charge in [0.1, 0.15) is 17.3 Å². The van der Waals surface area contributed by atoms with Crippen molar-refractivity contribution >= 4 is 28.8 Å². The smallest absolute Gasteiger partial charge is 0.300 e. The summed E-state index contributed by atoms with van der Waals surface area (Å²) >= 11 is 0. The molecule has 5 rings (SSSR count). The normalized spacial score (nSPS) is 18.0. The molecule has 37 heavy (non-hydrogen) atoms. The van der Waals surface area contributed by atoms with Crippen LogP contribution in [0.15, 0.2) is 72.3 Å². The Morgan fingerprint density at radius 2 is 1.73 bits per heavy atom. The molecule has 1 fully saturated rings. The van der Waals surface area contributed by atoms with Crippen molar-refractivity contribution in [1.82, 2.24) is 0 Å². The van der Waals surface area contributed by atoms with Crippen LogP contribution in [0.4, 0.5) is 11.4 Å². The summed E-state index contributed by atoms with van der Waals surface area (Å²) in [5.41, 5.74) is 3.82. The van der Waals surface area contributed by atoms with Crippen molar-refractivity contribution in [2.75, 3.05) is 36.6 Å². The Labute approximate surface area is 216 Å². The number of Topliss-reactive ketones (excluding diaryl/α,β-unsaturated/α-hetero) is 1. The summed E-state index contributed by atoms with van der Waals surface area (Å²) in [6.45, 7) is 6.48. The number of hydrogen-bond acceptors (Lipinski definition) is 6. The first kappa shape index (κ1) is 24.4. The lowest BCUT2D eigenvalue weighted by Crippen LogP contribution is -2.29. The molecule has 0 spiro atoms. The summed E-state index contributed by atoms with van der Waals surface area (Å²) in [4.78, 5) is 30.6. The minimum absolute atomic E-state index is 0.0573. The number of aliphatic hydroxyl groups is 1. The average Bonchev–Trinajstić information content (AvgIpc) is 3.51. The van der Waals surface area contributed by atoms with Gasteiger partial charge in [0.05, 0.1) is 25.3 Å². The predicted molar refractivity (Wildman–Crippen MR) is 143 cm³/mol.